The second-order valence-corrected chi connectivity index (χ2v) is 5.16. The number of carbonyl (C=O) groups is 2. The molecule has 2 saturated heterocycles. The van der Waals surface area contributed by atoms with Crippen LogP contribution in [0.4, 0.5) is 4.79 Å². The topological polar surface area (TPSA) is 64.1 Å². The van der Waals surface area contributed by atoms with Crippen LogP contribution in [0, 0.1) is 0 Å². The number of hydrogen-bond acceptors (Lipinski definition) is 3. The number of nitrogens with zero attached hydrogens (tertiary/aromatic N) is 3. The first-order valence-corrected chi connectivity index (χ1v) is 6.54. The zero-order chi connectivity index (χ0) is 13.1. The Bertz CT molecular complexity index is 327. The van der Waals surface area contributed by atoms with Crippen LogP contribution in [0.5, 0.6) is 0 Å². The molecule has 6 nitrogen and oxygen atoms in total. The van der Waals surface area contributed by atoms with Gasteiger partial charge in [-0.1, -0.05) is 0 Å². The predicted molar refractivity (Wildman–Crippen MR) is 66.4 cm³/mol. The van der Waals surface area contributed by atoms with Gasteiger partial charge in [-0.05, 0) is 19.9 Å². The van der Waals surface area contributed by atoms with Gasteiger partial charge in [-0.15, -0.1) is 0 Å². The molecule has 6 heteroatoms. The molecule has 2 rings (SSSR count). The van der Waals surface area contributed by atoms with Crippen molar-refractivity contribution in [3.05, 3.63) is 0 Å². The third kappa shape index (κ3) is 2.93. The van der Waals surface area contributed by atoms with Crippen molar-refractivity contribution in [3.63, 3.8) is 0 Å². The zero-order valence-electron chi connectivity index (χ0n) is 10.8. The molecule has 2 aliphatic rings. The summed E-state index contributed by atoms with van der Waals surface area (Å²) in [6.07, 6.45) is 1.79. The van der Waals surface area contributed by atoms with Crippen LogP contribution in [-0.4, -0.2) is 77.6 Å². The molecule has 0 aliphatic carbocycles. The molecule has 0 aromatic rings. The average molecular weight is 255 g/mol. The SMILES string of the molecule is CN1CCN(C(=O)N2CCCC2CC(=O)O)CC1. The fourth-order valence-electron chi connectivity index (χ4n) is 2.68. The van der Waals surface area contributed by atoms with Crippen molar-refractivity contribution >= 4 is 12.0 Å². The molecule has 1 atom stereocenters. The number of carboxylic acids is 1. The molecule has 0 aromatic heterocycles. The molecule has 0 radical (unpaired) electrons. The molecule has 2 fully saturated rings. The van der Waals surface area contributed by atoms with Gasteiger partial charge in [0.2, 0.25) is 0 Å². The van der Waals surface area contributed by atoms with Gasteiger partial charge in [-0.3, -0.25) is 4.79 Å². The van der Waals surface area contributed by atoms with E-state index in [9.17, 15) is 9.59 Å². The number of rotatable bonds is 2. The molecule has 102 valence electrons. The minimum atomic E-state index is -0.821. The van der Waals surface area contributed by atoms with Crippen LogP contribution in [0.2, 0.25) is 0 Å². The van der Waals surface area contributed by atoms with E-state index in [1.165, 1.54) is 0 Å². The number of hydrogen-bond donors (Lipinski definition) is 1. The van der Waals surface area contributed by atoms with Crippen molar-refractivity contribution in [2.45, 2.75) is 25.3 Å². The lowest BCUT2D eigenvalue weighted by atomic mass is 10.1. The van der Waals surface area contributed by atoms with Gasteiger partial charge in [0.1, 0.15) is 0 Å². The maximum absolute atomic E-state index is 12.3. The third-order valence-electron chi connectivity index (χ3n) is 3.81. The normalized spacial score (nSPS) is 25.5. The van der Waals surface area contributed by atoms with Crippen molar-refractivity contribution < 1.29 is 14.7 Å². The summed E-state index contributed by atoms with van der Waals surface area (Å²) in [5, 5.41) is 8.86. The molecule has 0 aromatic carbocycles. The largest absolute Gasteiger partial charge is 0.481 e. The van der Waals surface area contributed by atoms with E-state index in [1.54, 1.807) is 4.90 Å². The first-order valence-electron chi connectivity index (χ1n) is 6.54. The fourth-order valence-corrected chi connectivity index (χ4v) is 2.68. The molecule has 2 amide bonds. The van der Waals surface area contributed by atoms with Crippen LogP contribution in [0.25, 0.3) is 0 Å². The van der Waals surface area contributed by atoms with E-state index in [2.05, 4.69) is 4.90 Å². The number of urea groups is 1. The van der Waals surface area contributed by atoms with Crippen molar-refractivity contribution in [1.29, 1.82) is 0 Å². The number of likely N-dealkylation sites (tertiary alicyclic amines) is 1. The lowest BCUT2D eigenvalue weighted by molar-refractivity contribution is -0.138. The van der Waals surface area contributed by atoms with Crippen LogP contribution >= 0.6 is 0 Å². The summed E-state index contributed by atoms with van der Waals surface area (Å²) in [4.78, 5) is 28.9. The second kappa shape index (κ2) is 5.56. The Kier molecular flexibility index (Phi) is 4.06. The molecule has 1 N–H and O–H groups in total. The molecule has 1 unspecified atom stereocenters. The summed E-state index contributed by atoms with van der Waals surface area (Å²) in [6, 6.07) is -0.0958. The van der Waals surface area contributed by atoms with E-state index in [4.69, 9.17) is 5.11 Å². The van der Waals surface area contributed by atoms with Gasteiger partial charge >= 0.3 is 12.0 Å². The smallest absolute Gasteiger partial charge is 0.320 e. The first-order chi connectivity index (χ1) is 8.58. The van der Waals surface area contributed by atoms with E-state index >= 15 is 0 Å². The summed E-state index contributed by atoms with van der Waals surface area (Å²) < 4.78 is 0. The van der Waals surface area contributed by atoms with Gasteiger partial charge in [0.25, 0.3) is 0 Å². The Balaban J connectivity index is 1.93. The zero-order valence-corrected chi connectivity index (χ0v) is 10.8. The highest BCUT2D eigenvalue weighted by Crippen LogP contribution is 2.22. The molecule has 2 aliphatic heterocycles. The van der Waals surface area contributed by atoms with Gasteiger partial charge in [0.05, 0.1) is 6.42 Å². The number of piperazine rings is 1. The molecular weight excluding hydrogens is 234 g/mol. The molecular formula is C12H21N3O3. The van der Waals surface area contributed by atoms with Crippen LogP contribution in [0.15, 0.2) is 0 Å². The van der Waals surface area contributed by atoms with Gasteiger partial charge in [0.15, 0.2) is 0 Å². The van der Waals surface area contributed by atoms with Crippen LogP contribution in [-0.2, 0) is 4.79 Å². The molecule has 2 heterocycles. The number of carbonyl (C=O) groups excluding carboxylic acids is 1. The van der Waals surface area contributed by atoms with E-state index in [-0.39, 0.29) is 18.5 Å². The highest BCUT2D eigenvalue weighted by molar-refractivity contribution is 5.76. The van der Waals surface area contributed by atoms with E-state index in [0.717, 1.165) is 39.0 Å². The Hall–Kier alpha value is -1.30. The number of amides is 2. The first kappa shape index (κ1) is 13.1. The summed E-state index contributed by atoms with van der Waals surface area (Å²) >= 11 is 0. The second-order valence-electron chi connectivity index (χ2n) is 5.16. The molecule has 18 heavy (non-hydrogen) atoms. The predicted octanol–water partition coefficient (Wildman–Crippen LogP) is 0.293. The lowest BCUT2D eigenvalue weighted by Crippen LogP contribution is -2.53. The summed E-state index contributed by atoms with van der Waals surface area (Å²) in [6.45, 7) is 3.97. The Morgan fingerprint density at radius 1 is 1.17 bits per heavy atom. The Morgan fingerprint density at radius 3 is 2.44 bits per heavy atom. The number of carboxylic acid groups (broad SMARTS) is 1. The minimum absolute atomic E-state index is 0.0202. The fraction of sp³-hybridized carbons (Fsp3) is 0.833. The van der Waals surface area contributed by atoms with Gasteiger partial charge in [0, 0.05) is 38.8 Å². The minimum Gasteiger partial charge on any atom is -0.481 e. The molecule has 0 saturated carbocycles. The average Bonchev–Trinajstić information content (AvgIpc) is 2.76. The van der Waals surface area contributed by atoms with E-state index < -0.39 is 5.97 Å². The molecule has 0 bridgehead atoms. The lowest BCUT2D eigenvalue weighted by Gasteiger charge is -2.36. The van der Waals surface area contributed by atoms with Crippen molar-refractivity contribution in [3.8, 4) is 0 Å². The van der Waals surface area contributed by atoms with E-state index in [1.807, 2.05) is 11.9 Å². The maximum atomic E-state index is 12.3. The number of likely N-dealkylation sites (N-methyl/N-ethyl adjacent to an activating group) is 1. The Morgan fingerprint density at radius 2 is 1.83 bits per heavy atom. The highest BCUT2D eigenvalue weighted by atomic mass is 16.4. The van der Waals surface area contributed by atoms with Gasteiger partial charge < -0.3 is 19.8 Å². The van der Waals surface area contributed by atoms with Crippen molar-refractivity contribution in [2.24, 2.45) is 0 Å². The van der Waals surface area contributed by atoms with Crippen molar-refractivity contribution in [2.75, 3.05) is 39.8 Å². The quantitative estimate of drug-likeness (QED) is 0.770. The Labute approximate surface area is 107 Å². The summed E-state index contributed by atoms with van der Waals surface area (Å²) in [7, 11) is 2.05. The molecule has 0 spiro atoms. The maximum Gasteiger partial charge on any atom is 0.320 e. The summed E-state index contributed by atoms with van der Waals surface area (Å²) in [5.74, 6) is -0.821. The third-order valence-corrected chi connectivity index (χ3v) is 3.81. The van der Waals surface area contributed by atoms with Gasteiger partial charge in [-0.25, -0.2) is 4.79 Å². The van der Waals surface area contributed by atoms with Crippen LogP contribution in [0.3, 0.4) is 0 Å². The van der Waals surface area contributed by atoms with E-state index in [0.29, 0.717) is 6.54 Å². The number of aliphatic carboxylic acids is 1. The highest BCUT2D eigenvalue weighted by Gasteiger charge is 2.33. The van der Waals surface area contributed by atoms with Crippen molar-refractivity contribution in [1.82, 2.24) is 14.7 Å². The summed E-state index contributed by atoms with van der Waals surface area (Å²) in [5.41, 5.74) is 0. The standard InChI is InChI=1S/C12H21N3O3/c1-13-5-7-14(8-6-13)12(18)15-4-2-3-10(15)9-11(16)17/h10H,2-9H2,1H3,(H,16,17). The van der Waals surface area contributed by atoms with Crippen LogP contribution < -0.4 is 0 Å². The van der Waals surface area contributed by atoms with Crippen LogP contribution in [0.1, 0.15) is 19.3 Å². The monoisotopic (exact) mass is 255 g/mol. The van der Waals surface area contributed by atoms with Gasteiger partial charge in [-0.2, -0.15) is 0 Å².